The monoisotopic (exact) mass is 211 g/mol. The molecule has 0 saturated heterocycles. The second-order valence-electron chi connectivity index (χ2n) is 4.17. The van der Waals surface area contributed by atoms with Crippen LogP contribution >= 0.6 is 0 Å². The number of nitrogens with one attached hydrogen (secondary N) is 1. The second kappa shape index (κ2) is 5.33. The standard InChI is InChI=1S/C12H21NO2/c1-8(5-6-14)13-10(3)12-7-9(2)15-11(12)4/h7-8,10,13-14H,5-6H2,1-4H3. The summed E-state index contributed by atoms with van der Waals surface area (Å²) in [6.45, 7) is 8.36. The fraction of sp³-hybridized carbons (Fsp3) is 0.667. The molecule has 0 fully saturated rings. The van der Waals surface area contributed by atoms with Crippen LogP contribution in [0.1, 0.15) is 43.4 Å². The molecule has 1 heterocycles. The first-order valence-corrected chi connectivity index (χ1v) is 5.48. The first-order valence-electron chi connectivity index (χ1n) is 5.48. The summed E-state index contributed by atoms with van der Waals surface area (Å²) in [5, 5.41) is 12.3. The first kappa shape index (κ1) is 12.3. The average Bonchev–Trinajstić information content (AvgIpc) is 2.45. The quantitative estimate of drug-likeness (QED) is 0.785. The Labute approximate surface area is 91.5 Å². The Hall–Kier alpha value is -0.800. The van der Waals surface area contributed by atoms with E-state index in [2.05, 4.69) is 25.2 Å². The van der Waals surface area contributed by atoms with Crippen LogP contribution in [0.4, 0.5) is 0 Å². The molecule has 2 atom stereocenters. The minimum absolute atomic E-state index is 0.226. The van der Waals surface area contributed by atoms with Gasteiger partial charge in [0.1, 0.15) is 11.5 Å². The summed E-state index contributed by atoms with van der Waals surface area (Å²) in [6, 6.07) is 2.65. The minimum atomic E-state index is 0.226. The molecule has 0 amide bonds. The highest BCUT2D eigenvalue weighted by Gasteiger charge is 2.14. The molecule has 0 bridgehead atoms. The molecule has 0 spiro atoms. The van der Waals surface area contributed by atoms with Gasteiger partial charge in [0.15, 0.2) is 0 Å². The molecular weight excluding hydrogens is 190 g/mol. The maximum Gasteiger partial charge on any atom is 0.105 e. The third kappa shape index (κ3) is 3.36. The predicted octanol–water partition coefficient (Wildman–Crippen LogP) is 2.32. The second-order valence-corrected chi connectivity index (χ2v) is 4.17. The molecular formula is C12H21NO2. The van der Waals surface area contributed by atoms with Gasteiger partial charge in [0.05, 0.1) is 0 Å². The normalized spacial score (nSPS) is 15.3. The first-order chi connectivity index (χ1) is 7.04. The fourth-order valence-corrected chi connectivity index (χ4v) is 1.87. The van der Waals surface area contributed by atoms with Crippen molar-refractivity contribution < 1.29 is 9.52 Å². The summed E-state index contributed by atoms with van der Waals surface area (Å²) in [7, 11) is 0. The molecule has 0 aromatic carbocycles. The van der Waals surface area contributed by atoms with E-state index in [1.807, 2.05) is 13.8 Å². The largest absolute Gasteiger partial charge is 0.466 e. The SMILES string of the molecule is Cc1cc(C(C)NC(C)CCO)c(C)o1. The van der Waals surface area contributed by atoms with E-state index in [4.69, 9.17) is 9.52 Å². The van der Waals surface area contributed by atoms with Crippen LogP contribution in [-0.4, -0.2) is 17.8 Å². The topological polar surface area (TPSA) is 45.4 Å². The van der Waals surface area contributed by atoms with E-state index in [0.717, 1.165) is 17.9 Å². The van der Waals surface area contributed by atoms with Crippen LogP contribution in [0.2, 0.25) is 0 Å². The van der Waals surface area contributed by atoms with E-state index < -0.39 is 0 Å². The number of rotatable bonds is 5. The van der Waals surface area contributed by atoms with Crippen molar-refractivity contribution in [2.24, 2.45) is 0 Å². The molecule has 0 saturated carbocycles. The summed E-state index contributed by atoms with van der Waals surface area (Å²) in [5.74, 6) is 1.93. The van der Waals surface area contributed by atoms with Gasteiger partial charge < -0.3 is 14.8 Å². The van der Waals surface area contributed by atoms with Crippen molar-refractivity contribution in [1.29, 1.82) is 0 Å². The van der Waals surface area contributed by atoms with Crippen LogP contribution in [0.15, 0.2) is 10.5 Å². The summed E-state index contributed by atoms with van der Waals surface area (Å²) < 4.78 is 5.49. The van der Waals surface area contributed by atoms with Gasteiger partial charge in [-0.25, -0.2) is 0 Å². The third-order valence-corrected chi connectivity index (χ3v) is 2.64. The maximum atomic E-state index is 8.82. The average molecular weight is 211 g/mol. The number of hydrogen-bond donors (Lipinski definition) is 2. The van der Waals surface area contributed by atoms with Gasteiger partial charge in [-0.15, -0.1) is 0 Å². The number of aryl methyl sites for hydroxylation is 2. The Morgan fingerprint density at radius 1 is 1.40 bits per heavy atom. The molecule has 15 heavy (non-hydrogen) atoms. The lowest BCUT2D eigenvalue weighted by atomic mass is 10.1. The smallest absolute Gasteiger partial charge is 0.105 e. The third-order valence-electron chi connectivity index (χ3n) is 2.64. The fourth-order valence-electron chi connectivity index (χ4n) is 1.87. The van der Waals surface area contributed by atoms with Crippen LogP contribution in [0.3, 0.4) is 0 Å². The lowest BCUT2D eigenvalue weighted by Gasteiger charge is -2.18. The van der Waals surface area contributed by atoms with Crippen molar-refractivity contribution in [3.05, 3.63) is 23.2 Å². The lowest BCUT2D eigenvalue weighted by molar-refractivity contribution is 0.264. The van der Waals surface area contributed by atoms with E-state index in [0.29, 0.717) is 6.04 Å². The van der Waals surface area contributed by atoms with E-state index >= 15 is 0 Å². The highest BCUT2D eigenvalue weighted by atomic mass is 16.3. The summed E-state index contributed by atoms with van der Waals surface area (Å²) in [5.41, 5.74) is 1.21. The Morgan fingerprint density at radius 2 is 2.07 bits per heavy atom. The van der Waals surface area contributed by atoms with Crippen molar-refractivity contribution in [3.63, 3.8) is 0 Å². The van der Waals surface area contributed by atoms with Gasteiger partial charge in [-0.05, 0) is 40.2 Å². The number of aliphatic hydroxyl groups is 1. The summed E-state index contributed by atoms with van der Waals surface area (Å²) >= 11 is 0. The molecule has 3 heteroatoms. The van der Waals surface area contributed by atoms with Crippen LogP contribution in [0.25, 0.3) is 0 Å². The van der Waals surface area contributed by atoms with Gasteiger partial charge in [0.25, 0.3) is 0 Å². The zero-order chi connectivity index (χ0) is 11.4. The summed E-state index contributed by atoms with van der Waals surface area (Å²) in [6.07, 6.45) is 0.778. The van der Waals surface area contributed by atoms with Crippen molar-refractivity contribution in [2.45, 2.75) is 46.2 Å². The Kier molecular flexibility index (Phi) is 4.36. The molecule has 1 aromatic rings. The zero-order valence-corrected chi connectivity index (χ0v) is 10.0. The Morgan fingerprint density at radius 3 is 2.53 bits per heavy atom. The van der Waals surface area contributed by atoms with Gasteiger partial charge in [0, 0.05) is 24.3 Å². The predicted molar refractivity (Wildman–Crippen MR) is 60.9 cm³/mol. The molecule has 2 N–H and O–H groups in total. The molecule has 0 aliphatic carbocycles. The van der Waals surface area contributed by atoms with Gasteiger partial charge in [-0.1, -0.05) is 0 Å². The van der Waals surface area contributed by atoms with E-state index in [9.17, 15) is 0 Å². The molecule has 1 rings (SSSR count). The number of aliphatic hydroxyl groups excluding tert-OH is 1. The minimum Gasteiger partial charge on any atom is -0.466 e. The molecule has 0 radical (unpaired) electrons. The van der Waals surface area contributed by atoms with Gasteiger partial charge in [-0.2, -0.15) is 0 Å². The molecule has 3 nitrogen and oxygen atoms in total. The van der Waals surface area contributed by atoms with E-state index in [-0.39, 0.29) is 12.6 Å². The molecule has 0 aliphatic rings. The van der Waals surface area contributed by atoms with Crippen LogP contribution in [0.5, 0.6) is 0 Å². The highest BCUT2D eigenvalue weighted by Crippen LogP contribution is 2.21. The molecule has 2 unspecified atom stereocenters. The van der Waals surface area contributed by atoms with Crippen LogP contribution < -0.4 is 5.32 Å². The number of furan rings is 1. The van der Waals surface area contributed by atoms with Crippen molar-refractivity contribution in [1.82, 2.24) is 5.32 Å². The van der Waals surface area contributed by atoms with E-state index in [1.54, 1.807) is 0 Å². The van der Waals surface area contributed by atoms with Crippen LogP contribution in [-0.2, 0) is 0 Å². The van der Waals surface area contributed by atoms with E-state index in [1.165, 1.54) is 5.56 Å². The van der Waals surface area contributed by atoms with Gasteiger partial charge in [0.2, 0.25) is 0 Å². The van der Waals surface area contributed by atoms with Gasteiger partial charge in [-0.3, -0.25) is 0 Å². The molecule has 86 valence electrons. The zero-order valence-electron chi connectivity index (χ0n) is 10.0. The van der Waals surface area contributed by atoms with Crippen molar-refractivity contribution >= 4 is 0 Å². The molecule has 0 aliphatic heterocycles. The van der Waals surface area contributed by atoms with Crippen LogP contribution in [0, 0.1) is 13.8 Å². The van der Waals surface area contributed by atoms with Crippen molar-refractivity contribution in [3.8, 4) is 0 Å². The summed E-state index contributed by atoms with van der Waals surface area (Å²) in [4.78, 5) is 0. The number of hydrogen-bond acceptors (Lipinski definition) is 3. The van der Waals surface area contributed by atoms with Gasteiger partial charge >= 0.3 is 0 Å². The maximum absolute atomic E-state index is 8.82. The lowest BCUT2D eigenvalue weighted by Crippen LogP contribution is -2.29. The van der Waals surface area contributed by atoms with Crippen molar-refractivity contribution in [2.75, 3.05) is 6.61 Å². The highest BCUT2D eigenvalue weighted by molar-refractivity contribution is 5.23. The Bertz CT molecular complexity index is 307. The Balaban J connectivity index is 2.60. The molecule has 1 aromatic heterocycles.